The van der Waals surface area contributed by atoms with Gasteiger partial charge in [0.05, 0.1) is 26.4 Å². The Balaban J connectivity index is 1.03. The molecule has 0 fully saturated rings. The predicted octanol–water partition coefficient (Wildman–Crippen LogP) is 14.6. The molecule has 8 rings (SSSR count). The summed E-state index contributed by atoms with van der Waals surface area (Å²) in [5.41, 5.74) is 10.8. The van der Waals surface area contributed by atoms with Crippen molar-refractivity contribution in [1.29, 1.82) is 5.26 Å². The SMILES string of the molecule is [C-]#[N+]c1c(/C=C/c2ccc(N(c3ccccc3)c3ccc(OC)cc3)cc2)ccc2c(C#N)c(/C=C/c3ccc(N(c4ccccc4)c4ccc(OC)cc4)cc3)ccc12. The zero-order chi connectivity index (χ0) is 41.3. The van der Waals surface area contributed by atoms with Gasteiger partial charge in [-0.1, -0.05) is 109 Å². The molecule has 6 heteroatoms. The van der Waals surface area contributed by atoms with Crippen LogP contribution >= 0.6 is 0 Å². The number of nitriles is 1. The molecule has 0 unspecified atom stereocenters. The molecular formula is C54H40N4O2. The molecule has 6 nitrogen and oxygen atoms in total. The summed E-state index contributed by atoms with van der Waals surface area (Å²) in [6.07, 6.45) is 7.97. The van der Waals surface area contributed by atoms with Crippen LogP contribution in [0.3, 0.4) is 0 Å². The number of para-hydroxylation sites is 2. The van der Waals surface area contributed by atoms with E-state index in [9.17, 15) is 5.26 Å². The molecule has 0 heterocycles. The third-order valence-electron chi connectivity index (χ3n) is 10.4. The third kappa shape index (κ3) is 8.22. The van der Waals surface area contributed by atoms with Crippen LogP contribution in [0.2, 0.25) is 0 Å². The molecule has 0 aliphatic heterocycles. The van der Waals surface area contributed by atoms with E-state index in [1.807, 2.05) is 133 Å². The summed E-state index contributed by atoms with van der Waals surface area (Å²) in [7, 11) is 3.33. The van der Waals surface area contributed by atoms with E-state index in [2.05, 4.69) is 93.5 Å². The van der Waals surface area contributed by atoms with Crippen molar-refractivity contribution in [2.75, 3.05) is 24.0 Å². The predicted molar refractivity (Wildman–Crippen MR) is 248 cm³/mol. The number of methoxy groups -OCH3 is 2. The smallest absolute Gasteiger partial charge is 0.202 e. The van der Waals surface area contributed by atoms with Crippen molar-refractivity contribution >= 4 is 74.9 Å². The van der Waals surface area contributed by atoms with Gasteiger partial charge in [-0.3, -0.25) is 0 Å². The molecule has 0 aliphatic carbocycles. The molecule has 0 atom stereocenters. The van der Waals surface area contributed by atoms with Gasteiger partial charge in [0.15, 0.2) is 0 Å². The maximum atomic E-state index is 10.4. The molecule has 8 aromatic rings. The lowest BCUT2D eigenvalue weighted by atomic mass is 9.95. The minimum Gasteiger partial charge on any atom is -0.497 e. The maximum absolute atomic E-state index is 10.4. The number of hydrogen-bond donors (Lipinski definition) is 0. The molecule has 8 aromatic carbocycles. The Kier molecular flexibility index (Phi) is 11.5. The number of fused-ring (bicyclic) bond motifs is 1. The van der Waals surface area contributed by atoms with Gasteiger partial charge in [0.1, 0.15) is 17.6 Å². The Bertz CT molecular complexity index is 2670. The fourth-order valence-corrected chi connectivity index (χ4v) is 7.30. The lowest BCUT2D eigenvalue weighted by molar-refractivity contribution is 0.414. The van der Waals surface area contributed by atoms with E-state index < -0.39 is 0 Å². The molecule has 0 aromatic heterocycles. The van der Waals surface area contributed by atoms with Crippen molar-refractivity contribution in [3.8, 4) is 17.6 Å². The van der Waals surface area contributed by atoms with Gasteiger partial charge in [0.2, 0.25) is 5.69 Å². The summed E-state index contributed by atoms with van der Waals surface area (Å²) >= 11 is 0. The fraction of sp³-hybridized carbons (Fsp3) is 0.0370. The number of nitrogens with zero attached hydrogens (tertiary/aromatic N) is 4. The quantitative estimate of drug-likeness (QED) is 0.0913. The molecule has 0 saturated carbocycles. The third-order valence-corrected chi connectivity index (χ3v) is 10.4. The molecule has 0 saturated heterocycles. The first-order valence-corrected chi connectivity index (χ1v) is 19.5. The average molecular weight is 777 g/mol. The van der Waals surface area contributed by atoms with Crippen molar-refractivity contribution in [3.63, 3.8) is 0 Å². The average Bonchev–Trinajstić information content (AvgIpc) is 3.32. The van der Waals surface area contributed by atoms with E-state index in [1.54, 1.807) is 14.2 Å². The second-order valence-corrected chi connectivity index (χ2v) is 13.9. The van der Waals surface area contributed by atoms with Crippen molar-refractivity contribution in [3.05, 3.63) is 221 Å². The van der Waals surface area contributed by atoms with Crippen molar-refractivity contribution in [1.82, 2.24) is 0 Å². The molecule has 0 spiro atoms. The zero-order valence-corrected chi connectivity index (χ0v) is 33.2. The molecule has 0 bridgehead atoms. The van der Waals surface area contributed by atoms with Gasteiger partial charge in [-0.2, -0.15) is 5.26 Å². The number of ether oxygens (including phenoxy) is 2. The Labute approximate surface area is 351 Å². The lowest BCUT2D eigenvalue weighted by Crippen LogP contribution is -2.09. The first-order chi connectivity index (χ1) is 29.6. The minimum atomic E-state index is 0.512. The normalized spacial score (nSPS) is 11.0. The van der Waals surface area contributed by atoms with Gasteiger partial charge < -0.3 is 19.3 Å². The number of anilines is 6. The van der Waals surface area contributed by atoms with Gasteiger partial charge in [-0.15, -0.1) is 0 Å². The monoisotopic (exact) mass is 776 g/mol. The molecule has 60 heavy (non-hydrogen) atoms. The molecule has 0 amide bonds. The van der Waals surface area contributed by atoms with Gasteiger partial charge in [-0.05, 0) is 130 Å². The first kappa shape index (κ1) is 38.5. The van der Waals surface area contributed by atoms with E-state index in [0.29, 0.717) is 11.3 Å². The molecule has 288 valence electrons. The van der Waals surface area contributed by atoms with E-state index in [4.69, 9.17) is 16.0 Å². The van der Waals surface area contributed by atoms with Crippen LogP contribution in [-0.2, 0) is 0 Å². The summed E-state index contributed by atoms with van der Waals surface area (Å²) < 4.78 is 10.8. The lowest BCUT2D eigenvalue weighted by Gasteiger charge is -2.25. The van der Waals surface area contributed by atoms with Crippen LogP contribution in [-0.4, -0.2) is 14.2 Å². The summed E-state index contributed by atoms with van der Waals surface area (Å²) in [6.45, 7) is 8.14. The topological polar surface area (TPSA) is 53.1 Å². The van der Waals surface area contributed by atoms with Crippen LogP contribution in [0.1, 0.15) is 27.8 Å². The van der Waals surface area contributed by atoms with Crippen molar-refractivity contribution in [2.24, 2.45) is 0 Å². The highest BCUT2D eigenvalue weighted by Gasteiger charge is 2.15. The van der Waals surface area contributed by atoms with E-state index in [1.165, 1.54) is 0 Å². The highest BCUT2D eigenvalue weighted by Crippen LogP contribution is 2.38. The molecule has 0 N–H and O–H groups in total. The fourth-order valence-electron chi connectivity index (χ4n) is 7.30. The Morgan fingerprint density at radius 3 is 1.25 bits per heavy atom. The largest absolute Gasteiger partial charge is 0.497 e. The Morgan fingerprint density at radius 1 is 0.450 bits per heavy atom. The van der Waals surface area contributed by atoms with E-state index in [0.717, 1.165) is 78.6 Å². The summed E-state index contributed by atoms with van der Waals surface area (Å²) in [5, 5.41) is 11.9. The minimum absolute atomic E-state index is 0.512. The zero-order valence-electron chi connectivity index (χ0n) is 33.2. The van der Waals surface area contributed by atoms with Gasteiger partial charge in [-0.25, -0.2) is 4.85 Å². The molecule has 0 radical (unpaired) electrons. The van der Waals surface area contributed by atoms with Crippen molar-refractivity contribution < 1.29 is 9.47 Å². The van der Waals surface area contributed by atoms with E-state index >= 15 is 0 Å². The first-order valence-electron chi connectivity index (χ1n) is 19.5. The standard InChI is InChI=1S/C54H40N4O2/c1-56-54-42(21-15-40-18-26-46(27-19-40)58(44-12-8-5-9-13-44)48-30-34-50(60-3)35-31-48)23-36-51-52(54)37-22-41(53(51)38-55)20-14-39-16-24-45(25-17-39)57(43-10-6-4-7-11-43)47-28-32-49(59-2)33-29-47/h4-37H,2-3H3/b20-14+,21-15+. The number of hydrogen-bond acceptors (Lipinski definition) is 5. The van der Waals surface area contributed by atoms with Crippen LogP contribution in [0.5, 0.6) is 11.5 Å². The number of rotatable bonds is 12. The number of benzene rings is 8. The van der Waals surface area contributed by atoms with Gasteiger partial charge in [0.25, 0.3) is 0 Å². The van der Waals surface area contributed by atoms with Crippen LogP contribution in [0.15, 0.2) is 182 Å². The molecule has 0 aliphatic rings. The second-order valence-electron chi connectivity index (χ2n) is 13.9. The van der Waals surface area contributed by atoms with Crippen LogP contribution in [0, 0.1) is 17.9 Å². The summed E-state index contributed by atoms with van der Waals surface area (Å²) in [6, 6.07) is 63.4. The Hall–Kier alpha value is -8.32. The summed E-state index contributed by atoms with van der Waals surface area (Å²) in [5.74, 6) is 1.60. The summed E-state index contributed by atoms with van der Waals surface area (Å²) in [4.78, 5) is 8.34. The van der Waals surface area contributed by atoms with Crippen LogP contribution in [0.25, 0.3) is 39.9 Å². The van der Waals surface area contributed by atoms with Gasteiger partial charge >= 0.3 is 0 Å². The highest BCUT2D eigenvalue weighted by atomic mass is 16.5. The van der Waals surface area contributed by atoms with E-state index in [-0.39, 0.29) is 0 Å². The van der Waals surface area contributed by atoms with Crippen molar-refractivity contribution in [2.45, 2.75) is 0 Å². The Morgan fingerprint density at radius 2 is 0.833 bits per heavy atom. The molecular weight excluding hydrogens is 737 g/mol. The maximum Gasteiger partial charge on any atom is 0.202 e. The van der Waals surface area contributed by atoms with Gasteiger partial charge in [0, 0.05) is 34.1 Å². The highest BCUT2D eigenvalue weighted by molar-refractivity contribution is 6.03. The van der Waals surface area contributed by atoms with Crippen LogP contribution in [0.4, 0.5) is 39.8 Å². The van der Waals surface area contributed by atoms with Crippen LogP contribution < -0.4 is 19.3 Å². The second kappa shape index (κ2) is 17.9.